The first-order valence-electron chi connectivity index (χ1n) is 7.29. The second-order valence-corrected chi connectivity index (χ2v) is 5.29. The van der Waals surface area contributed by atoms with Gasteiger partial charge in [-0.25, -0.2) is 0 Å². The minimum absolute atomic E-state index is 0.210. The van der Waals surface area contributed by atoms with Crippen LogP contribution in [0.4, 0.5) is 5.69 Å². The van der Waals surface area contributed by atoms with E-state index >= 15 is 0 Å². The molecule has 0 aromatic heterocycles. The van der Waals surface area contributed by atoms with Crippen molar-refractivity contribution in [2.24, 2.45) is 5.92 Å². The molecule has 24 heavy (non-hydrogen) atoms. The number of nitrogens with one attached hydrogen (secondary N) is 1. The molecule has 1 N–H and O–H groups in total. The van der Waals surface area contributed by atoms with Crippen LogP contribution in [0.15, 0.2) is 48.5 Å². The van der Waals surface area contributed by atoms with Crippen LogP contribution < -0.4 is 10.1 Å². The van der Waals surface area contributed by atoms with Gasteiger partial charge in [0.2, 0.25) is 5.91 Å². The monoisotopic (exact) mass is 342 g/mol. The van der Waals surface area contributed by atoms with Crippen LogP contribution in [0.5, 0.6) is 5.75 Å². The van der Waals surface area contributed by atoms with E-state index in [1.54, 1.807) is 42.5 Å². The number of rotatable bonds is 6. The average Bonchev–Trinajstić information content (AvgIpc) is 2.57. The topological polar surface area (TPSA) is 79.2 Å². The number of nitriles is 1. The lowest BCUT2D eigenvalue weighted by atomic mass is 9.98. The summed E-state index contributed by atoms with van der Waals surface area (Å²) in [6.45, 7) is 2.25. The Balaban J connectivity index is 2.21. The van der Waals surface area contributed by atoms with Crippen molar-refractivity contribution in [3.8, 4) is 11.8 Å². The van der Waals surface area contributed by atoms with Crippen LogP contribution in [0.25, 0.3) is 0 Å². The van der Waals surface area contributed by atoms with Gasteiger partial charge < -0.3 is 10.1 Å². The van der Waals surface area contributed by atoms with Gasteiger partial charge in [0.1, 0.15) is 5.75 Å². The highest BCUT2D eigenvalue weighted by Crippen LogP contribution is 2.25. The normalized spacial score (nSPS) is 11.2. The molecule has 0 heterocycles. The van der Waals surface area contributed by atoms with Crippen molar-refractivity contribution in [3.63, 3.8) is 0 Å². The number of anilines is 1. The lowest BCUT2D eigenvalue weighted by Crippen LogP contribution is -2.28. The standard InChI is InChI=1S/C18H15ClN2O3/c1-2-24-16-9-4-3-8-15(16)21-18(23)14(11-20)17(22)12-6-5-7-13(19)10-12/h3-10,14H,2H2,1H3,(H,21,23)/t14-/m1/s1. The average molecular weight is 343 g/mol. The molecule has 0 aliphatic carbocycles. The molecule has 5 nitrogen and oxygen atoms in total. The third-order valence-corrected chi connectivity index (χ3v) is 3.44. The molecule has 1 amide bonds. The minimum atomic E-state index is -1.47. The Hall–Kier alpha value is -2.84. The third kappa shape index (κ3) is 4.12. The van der Waals surface area contributed by atoms with Crippen LogP contribution in [0.3, 0.4) is 0 Å². The number of ketones is 1. The molecule has 1 atom stereocenters. The van der Waals surface area contributed by atoms with Crippen LogP contribution in [0.1, 0.15) is 17.3 Å². The number of amides is 1. The summed E-state index contributed by atoms with van der Waals surface area (Å²) in [5.74, 6) is -2.32. The summed E-state index contributed by atoms with van der Waals surface area (Å²) >= 11 is 5.85. The van der Waals surface area contributed by atoms with Gasteiger partial charge in [-0.2, -0.15) is 5.26 Å². The Kier molecular flexibility index (Phi) is 5.94. The summed E-state index contributed by atoms with van der Waals surface area (Å²) in [6.07, 6.45) is 0. The first-order chi connectivity index (χ1) is 11.6. The highest BCUT2D eigenvalue weighted by Gasteiger charge is 2.28. The molecule has 122 valence electrons. The number of hydrogen-bond acceptors (Lipinski definition) is 4. The molecule has 0 fully saturated rings. The zero-order valence-corrected chi connectivity index (χ0v) is 13.7. The lowest BCUT2D eigenvalue weighted by molar-refractivity contribution is -0.117. The lowest BCUT2D eigenvalue weighted by Gasteiger charge is -2.13. The maximum Gasteiger partial charge on any atom is 0.249 e. The van der Waals surface area contributed by atoms with Crippen LogP contribution in [-0.4, -0.2) is 18.3 Å². The van der Waals surface area contributed by atoms with E-state index in [1.807, 2.05) is 6.92 Å². The fourth-order valence-electron chi connectivity index (χ4n) is 2.10. The van der Waals surface area contributed by atoms with E-state index in [1.165, 1.54) is 12.1 Å². The van der Waals surface area contributed by atoms with Gasteiger partial charge in [0.25, 0.3) is 0 Å². The molecule has 0 radical (unpaired) electrons. The maximum absolute atomic E-state index is 12.4. The van der Waals surface area contributed by atoms with Gasteiger partial charge >= 0.3 is 0 Å². The second-order valence-electron chi connectivity index (χ2n) is 4.86. The summed E-state index contributed by atoms with van der Waals surface area (Å²) in [5, 5.41) is 12.2. The Morgan fingerprint density at radius 3 is 2.67 bits per heavy atom. The van der Waals surface area contributed by atoms with Gasteiger partial charge in [-0.3, -0.25) is 9.59 Å². The third-order valence-electron chi connectivity index (χ3n) is 3.21. The maximum atomic E-state index is 12.4. The molecule has 0 aliphatic rings. The van der Waals surface area contributed by atoms with Gasteiger partial charge in [-0.15, -0.1) is 0 Å². The van der Waals surface area contributed by atoms with Crippen molar-refractivity contribution in [2.75, 3.05) is 11.9 Å². The molecule has 0 unspecified atom stereocenters. The molecule has 2 aromatic carbocycles. The number of carbonyl (C=O) groups excluding carboxylic acids is 2. The molecular weight excluding hydrogens is 328 g/mol. The number of para-hydroxylation sites is 2. The van der Waals surface area contributed by atoms with Crippen LogP contribution in [-0.2, 0) is 4.79 Å². The van der Waals surface area contributed by atoms with E-state index in [9.17, 15) is 14.9 Å². The van der Waals surface area contributed by atoms with Gasteiger partial charge in [-0.1, -0.05) is 35.9 Å². The Morgan fingerprint density at radius 2 is 2.00 bits per heavy atom. The van der Waals surface area contributed by atoms with Gasteiger partial charge in [0.05, 0.1) is 18.4 Å². The number of nitrogens with zero attached hydrogens (tertiary/aromatic N) is 1. The summed E-state index contributed by atoms with van der Waals surface area (Å²) in [4.78, 5) is 24.8. The summed E-state index contributed by atoms with van der Waals surface area (Å²) in [5.41, 5.74) is 0.616. The van der Waals surface area contributed by atoms with Crippen LogP contribution >= 0.6 is 11.6 Å². The molecule has 0 saturated carbocycles. The quantitative estimate of drug-likeness (QED) is 0.641. The minimum Gasteiger partial charge on any atom is -0.492 e. The molecule has 2 rings (SSSR count). The SMILES string of the molecule is CCOc1ccccc1NC(=O)[C@H](C#N)C(=O)c1cccc(Cl)c1. The molecule has 2 aromatic rings. The largest absolute Gasteiger partial charge is 0.492 e. The number of Topliss-reactive ketones (excluding diaryl/α,β-unsaturated/α-hetero) is 1. The van der Waals surface area contributed by atoms with E-state index in [0.717, 1.165) is 0 Å². The molecule has 0 aliphatic heterocycles. The van der Waals surface area contributed by atoms with Crippen molar-refractivity contribution in [2.45, 2.75) is 6.92 Å². The van der Waals surface area contributed by atoms with E-state index in [2.05, 4.69) is 5.32 Å². The predicted molar refractivity (Wildman–Crippen MR) is 91.1 cm³/mol. The Morgan fingerprint density at radius 1 is 1.25 bits per heavy atom. The first kappa shape index (κ1) is 17.5. The van der Waals surface area contributed by atoms with E-state index < -0.39 is 17.6 Å². The summed E-state index contributed by atoms with van der Waals surface area (Å²) < 4.78 is 5.41. The zero-order valence-electron chi connectivity index (χ0n) is 13.0. The van der Waals surface area contributed by atoms with Crippen LogP contribution in [0, 0.1) is 17.2 Å². The molecule has 6 heteroatoms. The van der Waals surface area contributed by atoms with Crippen molar-refractivity contribution in [1.29, 1.82) is 5.26 Å². The van der Waals surface area contributed by atoms with E-state index in [-0.39, 0.29) is 5.56 Å². The van der Waals surface area contributed by atoms with E-state index in [4.69, 9.17) is 16.3 Å². The number of hydrogen-bond donors (Lipinski definition) is 1. The molecule has 0 saturated heterocycles. The van der Waals surface area contributed by atoms with Crippen molar-refractivity contribution >= 4 is 29.0 Å². The predicted octanol–water partition coefficient (Wildman–Crippen LogP) is 3.70. The molecule has 0 spiro atoms. The van der Waals surface area contributed by atoms with Crippen molar-refractivity contribution in [3.05, 3.63) is 59.1 Å². The van der Waals surface area contributed by atoms with Gasteiger partial charge in [-0.05, 0) is 31.2 Å². The second kappa shape index (κ2) is 8.14. The zero-order chi connectivity index (χ0) is 17.5. The smallest absolute Gasteiger partial charge is 0.249 e. The van der Waals surface area contributed by atoms with Gasteiger partial charge in [0.15, 0.2) is 11.7 Å². The highest BCUT2D eigenvalue weighted by molar-refractivity contribution is 6.31. The number of halogens is 1. The van der Waals surface area contributed by atoms with E-state index in [0.29, 0.717) is 23.1 Å². The van der Waals surface area contributed by atoms with Crippen molar-refractivity contribution in [1.82, 2.24) is 0 Å². The number of ether oxygens (including phenoxy) is 1. The summed E-state index contributed by atoms with van der Waals surface area (Å²) in [6, 6.07) is 14.7. The Labute approximate surface area is 144 Å². The number of benzene rings is 2. The van der Waals surface area contributed by atoms with Crippen molar-refractivity contribution < 1.29 is 14.3 Å². The summed E-state index contributed by atoms with van der Waals surface area (Å²) in [7, 11) is 0. The fraction of sp³-hybridized carbons (Fsp3) is 0.167. The fourth-order valence-corrected chi connectivity index (χ4v) is 2.29. The number of carbonyl (C=O) groups is 2. The first-order valence-corrected chi connectivity index (χ1v) is 7.66. The van der Waals surface area contributed by atoms with Crippen LogP contribution in [0.2, 0.25) is 5.02 Å². The van der Waals surface area contributed by atoms with Gasteiger partial charge in [0, 0.05) is 10.6 Å². The molecule has 0 bridgehead atoms. The highest BCUT2D eigenvalue weighted by atomic mass is 35.5. The molecular formula is C18H15ClN2O3. The Bertz CT molecular complexity index is 799.